The summed E-state index contributed by atoms with van der Waals surface area (Å²) in [5.74, 6) is -0.436. The molecule has 0 radical (unpaired) electrons. The molecule has 15 heavy (non-hydrogen) atoms. The molecule has 1 aliphatic rings. The highest BCUT2D eigenvalue weighted by molar-refractivity contribution is 5.95. The molecule has 4 nitrogen and oxygen atoms in total. The molecule has 3 N–H and O–H groups in total. The minimum absolute atomic E-state index is 0.158. The van der Waals surface area contributed by atoms with Crippen LogP contribution < -0.4 is 11.1 Å². The van der Waals surface area contributed by atoms with Gasteiger partial charge in [-0.25, -0.2) is 4.79 Å². The number of hydrogen-bond acceptors (Lipinski definition) is 2. The van der Waals surface area contributed by atoms with Crippen molar-refractivity contribution in [3.63, 3.8) is 0 Å². The molecule has 3 amide bonds. The van der Waals surface area contributed by atoms with Gasteiger partial charge in [0.1, 0.15) is 0 Å². The fourth-order valence-electron chi connectivity index (χ4n) is 1.97. The zero-order chi connectivity index (χ0) is 10.8. The number of amides is 3. The first kappa shape index (κ1) is 9.71. The summed E-state index contributed by atoms with van der Waals surface area (Å²) >= 11 is 0. The molecule has 0 heterocycles. The molecule has 0 aromatic heterocycles. The van der Waals surface area contributed by atoms with Crippen LogP contribution in [-0.4, -0.2) is 11.9 Å². The van der Waals surface area contributed by atoms with Crippen LogP contribution in [0.25, 0.3) is 0 Å². The molecule has 1 aromatic rings. The molecule has 78 valence electrons. The van der Waals surface area contributed by atoms with Gasteiger partial charge in [0, 0.05) is 5.92 Å². The number of fused-ring (bicyclic) bond motifs is 1. The van der Waals surface area contributed by atoms with Gasteiger partial charge in [-0.15, -0.1) is 0 Å². The predicted octanol–water partition coefficient (Wildman–Crippen LogP) is 0.596. The molecule has 0 spiro atoms. The molecule has 0 fully saturated rings. The van der Waals surface area contributed by atoms with Crippen molar-refractivity contribution in [1.82, 2.24) is 5.32 Å². The number of nitrogens with one attached hydrogen (secondary N) is 1. The zero-order valence-corrected chi connectivity index (χ0v) is 8.19. The Bertz CT molecular complexity index is 390. The molecular weight excluding hydrogens is 192 g/mol. The van der Waals surface area contributed by atoms with Gasteiger partial charge >= 0.3 is 6.03 Å². The van der Waals surface area contributed by atoms with E-state index in [0.29, 0.717) is 12.8 Å². The normalized spacial score (nSPS) is 14.7. The number of primary amides is 1. The SMILES string of the molecule is NC(=O)NC(=O)C1Cc2ccccc2C1. The number of rotatable bonds is 1. The third-order valence-corrected chi connectivity index (χ3v) is 2.67. The third kappa shape index (κ3) is 1.98. The van der Waals surface area contributed by atoms with Gasteiger partial charge in [-0.05, 0) is 24.0 Å². The van der Waals surface area contributed by atoms with E-state index in [-0.39, 0.29) is 11.8 Å². The topological polar surface area (TPSA) is 72.2 Å². The molecule has 0 aliphatic heterocycles. The minimum atomic E-state index is -0.782. The maximum absolute atomic E-state index is 11.5. The predicted molar refractivity (Wildman–Crippen MR) is 55.1 cm³/mol. The van der Waals surface area contributed by atoms with E-state index in [4.69, 9.17) is 5.73 Å². The molecular formula is C11H12N2O2. The summed E-state index contributed by atoms with van der Waals surface area (Å²) in [7, 11) is 0. The first-order chi connectivity index (χ1) is 7.16. The number of hydrogen-bond donors (Lipinski definition) is 2. The summed E-state index contributed by atoms with van der Waals surface area (Å²) < 4.78 is 0. The Balaban J connectivity index is 2.07. The first-order valence-corrected chi connectivity index (χ1v) is 4.84. The van der Waals surface area contributed by atoms with Crippen LogP contribution in [0.1, 0.15) is 11.1 Å². The highest BCUT2D eigenvalue weighted by atomic mass is 16.2. The van der Waals surface area contributed by atoms with Crippen LogP contribution in [-0.2, 0) is 17.6 Å². The summed E-state index contributed by atoms with van der Waals surface area (Å²) in [6, 6.07) is 7.14. The summed E-state index contributed by atoms with van der Waals surface area (Å²) in [6.07, 6.45) is 1.38. The molecule has 0 saturated carbocycles. The Labute approximate surface area is 87.5 Å². The van der Waals surface area contributed by atoms with Crippen molar-refractivity contribution in [2.75, 3.05) is 0 Å². The highest BCUT2D eigenvalue weighted by Gasteiger charge is 2.27. The minimum Gasteiger partial charge on any atom is -0.351 e. The van der Waals surface area contributed by atoms with Gasteiger partial charge < -0.3 is 5.73 Å². The maximum Gasteiger partial charge on any atom is 0.318 e. The fraction of sp³-hybridized carbons (Fsp3) is 0.273. The van der Waals surface area contributed by atoms with Gasteiger partial charge in [-0.2, -0.15) is 0 Å². The van der Waals surface area contributed by atoms with E-state index in [2.05, 4.69) is 5.32 Å². The van der Waals surface area contributed by atoms with E-state index in [9.17, 15) is 9.59 Å². The van der Waals surface area contributed by atoms with Crippen LogP contribution in [0, 0.1) is 5.92 Å². The first-order valence-electron chi connectivity index (χ1n) is 4.84. The largest absolute Gasteiger partial charge is 0.351 e. The molecule has 4 heteroatoms. The molecule has 0 atom stereocenters. The highest BCUT2D eigenvalue weighted by Crippen LogP contribution is 2.26. The molecule has 0 unspecified atom stereocenters. The molecule has 1 aromatic carbocycles. The Kier molecular flexibility index (Phi) is 2.41. The van der Waals surface area contributed by atoms with Crippen molar-refractivity contribution in [2.45, 2.75) is 12.8 Å². The Morgan fingerprint density at radius 3 is 2.20 bits per heavy atom. The third-order valence-electron chi connectivity index (χ3n) is 2.67. The number of carbonyl (C=O) groups excluding carboxylic acids is 2. The van der Waals surface area contributed by atoms with Gasteiger partial charge in [-0.1, -0.05) is 24.3 Å². The molecule has 2 rings (SSSR count). The lowest BCUT2D eigenvalue weighted by molar-refractivity contribution is -0.123. The maximum atomic E-state index is 11.5. The second-order valence-corrected chi connectivity index (χ2v) is 3.73. The lowest BCUT2D eigenvalue weighted by Crippen LogP contribution is -2.39. The Morgan fingerprint density at radius 1 is 1.20 bits per heavy atom. The van der Waals surface area contributed by atoms with E-state index in [1.807, 2.05) is 24.3 Å². The Hall–Kier alpha value is -1.84. The van der Waals surface area contributed by atoms with Crippen LogP contribution in [0.3, 0.4) is 0 Å². The van der Waals surface area contributed by atoms with Crippen molar-refractivity contribution in [2.24, 2.45) is 11.7 Å². The van der Waals surface area contributed by atoms with Gasteiger partial charge in [0.25, 0.3) is 0 Å². The summed E-state index contributed by atoms with van der Waals surface area (Å²) in [6.45, 7) is 0. The number of imide groups is 1. The molecule has 0 bridgehead atoms. The van der Waals surface area contributed by atoms with E-state index in [0.717, 1.165) is 0 Å². The van der Waals surface area contributed by atoms with Crippen LogP contribution in [0.2, 0.25) is 0 Å². The van der Waals surface area contributed by atoms with E-state index in [1.165, 1.54) is 11.1 Å². The number of carbonyl (C=O) groups is 2. The van der Waals surface area contributed by atoms with E-state index < -0.39 is 6.03 Å². The van der Waals surface area contributed by atoms with Crippen molar-refractivity contribution in [3.8, 4) is 0 Å². The van der Waals surface area contributed by atoms with E-state index >= 15 is 0 Å². The lowest BCUT2D eigenvalue weighted by Gasteiger charge is -2.06. The van der Waals surface area contributed by atoms with Gasteiger partial charge in [0.05, 0.1) is 0 Å². The van der Waals surface area contributed by atoms with Crippen molar-refractivity contribution < 1.29 is 9.59 Å². The summed E-state index contributed by atoms with van der Waals surface area (Å²) in [5.41, 5.74) is 7.26. The lowest BCUT2D eigenvalue weighted by atomic mass is 10.1. The Morgan fingerprint density at radius 2 is 1.73 bits per heavy atom. The summed E-state index contributed by atoms with van der Waals surface area (Å²) in [4.78, 5) is 22.0. The van der Waals surface area contributed by atoms with Crippen molar-refractivity contribution in [3.05, 3.63) is 35.4 Å². The number of benzene rings is 1. The van der Waals surface area contributed by atoms with Crippen LogP contribution in [0.15, 0.2) is 24.3 Å². The molecule has 0 saturated heterocycles. The average Bonchev–Trinajstić information content (AvgIpc) is 2.59. The monoisotopic (exact) mass is 204 g/mol. The quantitative estimate of drug-likeness (QED) is 0.703. The smallest absolute Gasteiger partial charge is 0.318 e. The fourth-order valence-corrected chi connectivity index (χ4v) is 1.97. The molecule has 1 aliphatic carbocycles. The second kappa shape index (κ2) is 3.73. The van der Waals surface area contributed by atoms with Gasteiger partial charge in [-0.3, -0.25) is 10.1 Å². The van der Waals surface area contributed by atoms with Gasteiger partial charge in [0.15, 0.2) is 0 Å². The van der Waals surface area contributed by atoms with Crippen LogP contribution >= 0.6 is 0 Å². The van der Waals surface area contributed by atoms with Crippen molar-refractivity contribution in [1.29, 1.82) is 0 Å². The van der Waals surface area contributed by atoms with Crippen LogP contribution in [0.5, 0.6) is 0 Å². The van der Waals surface area contributed by atoms with Crippen molar-refractivity contribution >= 4 is 11.9 Å². The second-order valence-electron chi connectivity index (χ2n) is 3.73. The van der Waals surface area contributed by atoms with Gasteiger partial charge in [0.2, 0.25) is 5.91 Å². The zero-order valence-electron chi connectivity index (χ0n) is 8.19. The average molecular weight is 204 g/mol. The standard InChI is InChI=1S/C11H12N2O2/c12-11(15)13-10(14)9-5-7-3-1-2-4-8(7)6-9/h1-4,9H,5-6H2,(H3,12,13,14,15). The number of nitrogens with two attached hydrogens (primary N) is 1. The van der Waals surface area contributed by atoms with E-state index in [1.54, 1.807) is 0 Å². The summed E-state index contributed by atoms with van der Waals surface area (Å²) in [5, 5.41) is 2.12. The van der Waals surface area contributed by atoms with Crippen LogP contribution in [0.4, 0.5) is 4.79 Å². The number of urea groups is 1.